The Kier molecular flexibility index (Phi) is 4.33. The van der Waals surface area contributed by atoms with Crippen molar-refractivity contribution in [3.8, 4) is 0 Å². The number of rotatable bonds is 6. The smallest absolute Gasteiger partial charge is 0.261 e. The van der Waals surface area contributed by atoms with E-state index in [9.17, 15) is 19.2 Å². The predicted octanol–water partition coefficient (Wildman–Crippen LogP) is 0.410. The van der Waals surface area contributed by atoms with E-state index in [1.807, 2.05) is 0 Å². The Balaban J connectivity index is 1.52. The van der Waals surface area contributed by atoms with Gasteiger partial charge in [-0.15, -0.1) is 0 Å². The highest BCUT2D eigenvalue weighted by Crippen LogP contribution is 2.22. The van der Waals surface area contributed by atoms with Gasteiger partial charge in [-0.3, -0.25) is 24.1 Å². The third-order valence-electron chi connectivity index (χ3n) is 4.18. The summed E-state index contributed by atoms with van der Waals surface area (Å²) in [4.78, 5) is 50.6. The molecule has 0 radical (unpaired) electrons. The fraction of sp³-hybridized carbons (Fsp3) is 0.412. The maximum atomic E-state index is 12.2. The van der Waals surface area contributed by atoms with Gasteiger partial charge in [-0.1, -0.05) is 12.1 Å². The molecule has 1 N–H and O–H groups in total. The Labute approximate surface area is 139 Å². The molecule has 24 heavy (non-hydrogen) atoms. The van der Waals surface area contributed by atoms with Gasteiger partial charge in [0.1, 0.15) is 0 Å². The van der Waals surface area contributed by atoms with Crippen molar-refractivity contribution in [3.63, 3.8) is 0 Å². The van der Waals surface area contributed by atoms with Crippen LogP contribution in [0.1, 0.15) is 40.0 Å². The summed E-state index contributed by atoms with van der Waals surface area (Å²) in [6.45, 7) is -0.00276. The Bertz CT molecular complexity index is 677. The molecule has 1 fully saturated rings. The molecule has 0 spiro atoms. The largest absolute Gasteiger partial charge is 0.352 e. The predicted molar refractivity (Wildman–Crippen MR) is 85.2 cm³/mol. The molecule has 126 valence electrons. The van der Waals surface area contributed by atoms with Crippen molar-refractivity contribution in [1.82, 2.24) is 15.1 Å². The standard InChI is InChI=1S/C17H19N3O4/c1-19(10-14(21)18-11-6-7-11)15(22)8-9-20-16(23)12-4-2-3-5-13(12)17(20)24/h2-5,11H,6-10H2,1H3,(H,18,21). The van der Waals surface area contributed by atoms with Crippen molar-refractivity contribution in [2.75, 3.05) is 20.1 Å². The normalized spacial score (nSPS) is 16.1. The zero-order chi connectivity index (χ0) is 17.3. The van der Waals surface area contributed by atoms with E-state index in [4.69, 9.17) is 0 Å². The molecule has 1 aliphatic heterocycles. The number of nitrogens with one attached hydrogen (secondary N) is 1. The van der Waals surface area contributed by atoms with Crippen molar-refractivity contribution in [3.05, 3.63) is 35.4 Å². The number of amides is 4. The second-order valence-corrected chi connectivity index (χ2v) is 6.15. The van der Waals surface area contributed by atoms with Gasteiger partial charge in [0.05, 0.1) is 17.7 Å². The zero-order valence-corrected chi connectivity index (χ0v) is 13.4. The fourth-order valence-electron chi connectivity index (χ4n) is 2.65. The van der Waals surface area contributed by atoms with E-state index >= 15 is 0 Å². The van der Waals surface area contributed by atoms with Crippen LogP contribution in [0.4, 0.5) is 0 Å². The van der Waals surface area contributed by atoms with Crippen molar-refractivity contribution >= 4 is 23.6 Å². The number of carbonyl (C=O) groups excluding carboxylic acids is 4. The zero-order valence-electron chi connectivity index (χ0n) is 13.4. The lowest BCUT2D eigenvalue weighted by Gasteiger charge is -2.19. The lowest BCUT2D eigenvalue weighted by atomic mass is 10.1. The molecule has 7 nitrogen and oxygen atoms in total. The first kappa shape index (κ1) is 16.2. The Morgan fingerprint density at radius 1 is 1.17 bits per heavy atom. The molecule has 1 aromatic rings. The number of hydrogen-bond acceptors (Lipinski definition) is 4. The highest BCUT2D eigenvalue weighted by molar-refractivity contribution is 6.21. The summed E-state index contributed by atoms with van der Waals surface area (Å²) in [6.07, 6.45) is 1.98. The van der Waals surface area contributed by atoms with Crippen LogP contribution in [0.2, 0.25) is 0 Å². The summed E-state index contributed by atoms with van der Waals surface area (Å²) >= 11 is 0. The molecule has 1 saturated carbocycles. The SMILES string of the molecule is CN(CC(=O)NC1CC1)C(=O)CCN1C(=O)c2ccccc2C1=O. The third kappa shape index (κ3) is 3.29. The minimum Gasteiger partial charge on any atom is -0.352 e. The molecule has 1 aliphatic carbocycles. The van der Waals surface area contributed by atoms with Gasteiger partial charge >= 0.3 is 0 Å². The van der Waals surface area contributed by atoms with Gasteiger partial charge in [0, 0.05) is 26.1 Å². The number of carbonyl (C=O) groups is 4. The quantitative estimate of drug-likeness (QED) is 0.766. The second-order valence-electron chi connectivity index (χ2n) is 6.15. The topological polar surface area (TPSA) is 86.8 Å². The van der Waals surface area contributed by atoms with Gasteiger partial charge in [-0.05, 0) is 25.0 Å². The maximum absolute atomic E-state index is 12.2. The van der Waals surface area contributed by atoms with E-state index in [-0.39, 0.29) is 49.2 Å². The van der Waals surface area contributed by atoms with Gasteiger partial charge in [0.25, 0.3) is 11.8 Å². The van der Waals surface area contributed by atoms with Gasteiger partial charge in [0.15, 0.2) is 0 Å². The summed E-state index contributed by atoms with van der Waals surface area (Å²) in [7, 11) is 1.54. The van der Waals surface area contributed by atoms with E-state index in [1.165, 1.54) is 11.9 Å². The average molecular weight is 329 g/mol. The van der Waals surface area contributed by atoms with Crippen LogP contribution < -0.4 is 5.32 Å². The van der Waals surface area contributed by atoms with Gasteiger partial charge in [-0.25, -0.2) is 0 Å². The Hall–Kier alpha value is -2.70. The van der Waals surface area contributed by atoms with Crippen LogP contribution in [-0.2, 0) is 9.59 Å². The van der Waals surface area contributed by atoms with Crippen LogP contribution in [0.15, 0.2) is 24.3 Å². The molecule has 0 bridgehead atoms. The van der Waals surface area contributed by atoms with Gasteiger partial charge < -0.3 is 10.2 Å². The van der Waals surface area contributed by atoms with E-state index in [2.05, 4.69) is 5.32 Å². The van der Waals surface area contributed by atoms with E-state index in [0.717, 1.165) is 17.7 Å². The molecule has 0 unspecified atom stereocenters. The maximum Gasteiger partial charge on any atom is 0.261 e. The first-order chi connectivity index (χ1) is 11.5. The number of fused-ring (bicyclic) bond motifs is 1. The summed E-state index contributed by atoms with van der Waals surface area (Å²) < 4.78 is 0. The van der Waals surface area contributed by atoms with E-state index in [0.29, 0.717) is 11.1 Å². The minimum absolute atomic E-state index is 0.00131. The number of imide groups is 1. The Morgan fingerprint density at radius 2 is 1.75 bits per heavy atom. The first-order valence-electron chi connectivity index (χ1n) is 7.96. The molecule has 1 aromatic carbocycles. The number of benzene rings is 1. The van der Waals surface area contributed by atoms with E-state index in [1.54, 1.807) is 24.3 Å². The van der Waals surface area contributed by atoms with Crippen LogP contribution in [0.25, 0.3) is 0 Å². The number of hydrogen-bond donors (Lipinski definition) is 1. The molecule has 0 aromatic heterocycles. The third-order valence-corrected chi connectivity index (χ3v) is 4.18. The first-order valence-corrected chi connectivity index (χ1v) is 7.96. The number of likely N-dealkylation sites (N-methyl/N-ethyl adjacent to an activating group) is 1. The van der Waals surface area contributed by atoms with Crippen molar-refractivity contribution in [2.45, 2.75) is 25.3 Å². The van der Waals surface area contributed by atoms with Crippen LogP contribution in [-0.4, -0.2) is 59.6 Å². The summed E-state index contributed by atoms with van der Waals surface area (Å²) in [5.41, 5.74) is 0.735. The van der Waals surface area contributed by atoms with E-state index < -0.39 is 0 Å². The Morgan fingerprint density at radius 3 is 2.29 bits per heavy atom. The molecule has 1 heterocycles. The summed E-state index contributed by atoms with van der Waals surface area (Å²) in [6, 6.07) is 6.85. The van der Waals surface area contributed by atoms with Gasteiger partial charge in [-0.2, -0.15) is 0 Å². The molecule has 4 amide bonds. The van der Waals surface area contributed by atoms with Crippen molar-refractivity contribution in [2.24, 2.45) is 0 Å². The highest BCUT2D eigenvalue weighted by atomic mass is 16.2. The minimum atomic E-state index is -0.377. The van der Waals surface area contributed by atoms with Crippen LogP contribution in [0.3, 0.4) is 0 Å². The lowest BCUT2D eigenvalue weighted by molar-refractivity contribution is -0.134. The molecule has 0 saturated heterocycles. The lowest BCUT2D eigenvalue weighted by Crippen LogP contribution is -2.40. The molecule has 7 heteroatoms. The number of nitrogens with zero attached hydrogens (tertiary/aromatic N) is 2. The molecule has 0 atom stereocenters. The second kappa shape index (κ2) is 6.43. The van der Waals surface area contributed by atoms with Crippen molar-refractivity contribution in [1.29, 1.82) is 0 Å². The fourth-order valence-corrected chi connectivity index (χ4v) is 2.65. The molecule has 2 aliphatic rings. The van der Waals surface area contributed by atoms with Crippen molar-refractivity contribution < 1.29 is 19.2 Å². The van der Waals surface area contributed by atoms with Crippen LogP contribution in [0.5, 0.6) is 0 Å². The highest BCUT2D eigenvalue weighted by Gasteiger charge is 2.35. The molecule has 3 rings (SSSR count). The van der Waals surface area contributed by atoms with Crippen LogP contribution >= 0.6 is 0 Å². The summed E-state index contributed by atoms with van der Waals surface area (Å²) in [5.74, 6) is -1.22. The van der Waals surface area contributed by atoms with Crippen LogP contribution in [0, 0.1) is 0 Å². The monoisotopic (exact) mass is 329 g/mol. The summed E-state index contributed by atoms with van der Waals surface area (Å²) in [5, 5.41) is 2.81. The molecular weight excluding hydrogens is 310 g/mol. The van der Waals surface area contributed by atoms with Gasteiger partial charge in [0.2, 0.25) is 11.8 Å². The average Bonchev–Trinajstić information content (AvgIpc) is 3.33. The molecular formula is C17H19N3O4.